The predicted molar refractivity (Wildman–Crippen MR) is 66.5 cm³/mol. The van der Waals surface area contributed by atoms with E-state index >= 15 is 0 Å². The third-order valence-corrected chi connectivity index (χ3v) is 2.93. The van der Waals surface area contributed by atoms with E-state index in [1.165, 1.54) is 0 Å². The Hall–Kier alpha value is -1.39. The largest absolute Gasteiger partial charge is 0.497 e. The summed E-state index contributed by atoms with van der Waals surface area (Å²) in [4.78, 5) is 11.1. The Bertz CT molecular complexity index is 399. The maximum atomic E-state index is 11.1. The van der Waals surface area contributed by atoms with Crippen LogP contribution in [0.15, 0.2) is 24.3 Å². The van der Waals surface area contributed by atoms with Gasteiger partial charge in [0, 0.05) is 12.0 Å². The van der Waals surface area contributed by atoms with Crippen molar-refractivity contribution in [2.24, 2.45) is 0 Å². The highest BCUT2D eigenvalue weighted by atomic mass is 16.7. The van der Waals surface area contributed by atoms with Crippen molar-refractivity contribution >= 4 is 5.78 Å². The van der Waals surface area contributed by atoms with E-state index in [-0.39, 0.29) is 18.2 Å². The van der Waals surface area contributed by atoms with Gasteiger partial charge in [-0.15, -0.1) is 0 Å². The van der Waals surface area contributed by atoms with E-state index in [1.807, 2.05) is 24.3 Å². The summed E-state index contributed by atoms with van der Waals surface area (Å²) in [5.41, 5.74) is 0.948. The van der Waals surface area contributed by atoms with Gasteiger partial charge in [0.1, 0.15) is 11.5 Å². The van der Waals surface area contributed by atoms with Crippen LogP contribution in [0.1, 0.15) is 31.6 Å². The van der Waals surface area contributed by atoms with E-state index < -0.39 is 0 Å². The predicted octanol–water partition coefficient (Wildman–Crippen LogP) is 2.48. The topological polar surface area (TPSA) is 44.8 Å². The summed E-state index contributed by atoms with van der Waals surface area (Å²) >= 11 is 0. The highest BCUT2D eigenvalue weighted by Gasteiger charge is 2.25. The average Bonchev–Trinajstić information content (AvgIpc) is 2.38. The highest BCUT2D eigenvalue weighted by Crippen LogP contribution is 2.28. The van der Waals surface area contributed by atoms with E-state index in [1.54, 1.807) is 14.0 Å². The third kappa shape index (κ3) is 3.31. The number of hydrogen-bond acceptors (Lipinski definition) is 4. The second kappa shape index (κ2) is 5.98. The number of ketones is 1. The molecule has 0 aliphatic carbocycles. The molecule has 1 fully saturated rings. The Morgan fingerprint density at radius 3 is 2.72 bits per heavy atom. The minimum absolute atomic E-state index is 0.0386. The first-order valence-electron chi connectivity index (χ1n) is 6.09. The summed E-state index contributed by atoms with van der Waals surface area (Å²) < 4.78 is 16.5. The van der Waals surface area contributed by atoms with Gasteiger partial charge >= 0.3 is 0 Å². The molecule has 0 bridgehead atoms. The Kier molecular flexibility index (Phi) is 4.33. The zero-order chi connectivity index (χ0) is 13.0. The van der Waals surface area contributed by atoms with Crippen LogP contribution in [0.2, 0.25) is 0 Å². The van der Waals surface area contributed by atoms with Crippen molar-refractivity contribution in [3.63, 3.8) is 0 Å². The summed E-state index contributed by atoms with van der Waals surface area (Å²) in [6.07, 6.45) is 0.805. The summed E-state index contributed by atoms with van der Waals surface area (Å²) in [5.74, 6) is 0.949. The molecule has 0 amide bonds. The molecule has 98 valence electrons. The molecule has 1 aromatic carbocycles. The van der Waals surface area contributed by atoms with E-state index in [0.717, 1.165) is 17.7 Å². The monoisotopic (exact) mass is 250 g/mol. The van der Waals surface area contributed by atoms with Crippen molar-refractivity contribution < 1.29 is 19.0 Å². The Labute approximate surface area is 107 Å². The van der Waals surface area contributed by atoms with E-state index in [0.29, 0.717) is 13.0 Å². The molecular formula is C14H18O4. The number of carbonyl (C=O) groups excluding carboxylic acids is 1. The maximum Gasteiger partial charge on any atom is 0.184 e. The Morgan fingerprint density at radius 1 is 1.39 bits per heavy atom. The minimum Gasteiger partial charge on any atom is -0.497 e. The molecule has 0 unspecified atom stereocenters. The van der Waals surface area contributed by atoms with Crippen LogP contribution in [0.4, 0.5) is 0 Å². The van der Waals surface area contributed by atoms with Crippen LogP contribution >= 0.6 is 0 Å². The van der Waals surface area contributed by atoms with Gasteiger partial charge in [0.25, 0.3) is 0 Å². The lowest BCUT2D eigenvalue weighted by Crippen LogP contribution is -2.28. The van der Waals surface area contributed by atoms with E-state index in [4.69, 9.17) is 14.2 Å². The van der Waals surface area contributed by atoms with Gasteiger partial charge < -0.3 is 14.2 Å². The zero-order valence-corrected chi connectivity index (χ0v) is 10.7. The molecule has 1 saturated heterocycles. The first-order valence-corrected chi connectivity index (χ1v) is 6.09. The number of carbonyl (C=O) groups is 1. The highest BCUT2D eigenvalue weighted by molar-refractivity contribution is 5.75. The molecule has 18 heavy (non-hydrogen) atoms. The van der Waals surface area contributed by atoms with Gasteiger partial charge in [0.2, 0.25) is 0 Å². The molecule has 1 aromatic rings. The lowest BCUT2D eigenvalue weighted by molar-refractivity contribution is -0.217. The SMILES string of the molecule is COc1ccc([C@@H]2OCC[C@H](CC(C)=O)O2)cc1. The standard InChI is InChI=1S/C14H18O4/c1-10(15)9-13-7-8-17-14(18-13)11-3-5-12(16-2)6-4-11/h3-6,13-14H,7-9H2,1-2H3/t13-,14-/m1/s1. The smallest absolute Gasteiger partial charge is 0.184 e. The van der Waals surface area contributed by atoms with Crippen molar-refractivity contribution in [2.45, 2.75) is 32.2 Å². The average molecular weight is 250 g/mol. The van der Waals surface area contributed by atoms with Gasteiger partial charge in [0.05, 0.1) is 19.8 Å². The van der Waals surface area contributed by atoms with Gasteiger partial charge in [-0.2, -0.15) is 0 Å². The fourth-order valence-corrected chi connectivity index (χ4v) is 2.00. The molecule has 2 rings (SSSR count). The summed E-state index contributed by atoms with van der Waals surface area (Å²) in [6, 6.07) is 7.58. The first kappa shape index (κ1) is 13.1. The van der Waals surface area contributed by atoms with Crippen LogP contribution in [0, 0.1) is 0 Å². The van der Waals surface area contributed by atoms with Crippen molar-refractivity contribution in [1.82, 2.24) is 0 Å². The minimum atomic E-state index is -0.381. The molecule has 1 heterocycles. The van der Waals surface area contributed by atoms with Crippen molar-refractivity contribution in [3.8, 4) is 5.75 Å². The summed E-state index contributed by atoms with van der Waals surface area (Å²) in [5, 5.41) is 0. The van der Waals surface area contributed by atoms with Crippen LogP contribution in [0.3, 0.4) is 0 Å². The molecule has 0 aromatic heterocycles. The molecule has 0 N–H and O–H groups in total. The quantitative estimate of drug-likeness (QED) is 0.823. The van der Waals surface area contributed by atoms with Crippen LogP contribution < -0.4 is 4.74 Å². The summed E-state index contributed by atoms with van der Waals surface area (Å²) in [7, 11) is 1.63. The van der Waals surface area contributed by atoms with E-state index in [9.17, 15) is 4.79 Å². The molecule has 1 aliphatic heterocycles. The van der Waals surface area contributed by atoms with Gasteiger partial charge in [-0.3, -0.25) is 4.79 Å². The Balaban J connectivity index is 2.01. The number of ether oxygens (including phenoxy) is 3. The van der Waals surface area contributed by atoms with Gasteiger partial charge in [-0.05, 0) is 25.5 Å². The van der Waals surface area contributed by atoms with Gasteiger partial charge in [-0.1, -0.05) is 12.1 Å². The maximum absolute atomic E-state index is 11.1. The van der Waals surface area contributed by atoms with Crippen LogP contribution in [-0.4, -0.2) is 25.6 Å². The normalized spacial score (nSPS) is 23.7. The van der Waals surface area contributed by atoms with Crippen LogP contribution in [0.25, 0.3) is 0 Å². The number of rotatable bonds is 4. The molecule has 0 spiro atoms. The number of methoxy groups -OCH3 is 1. The fraction of sp³-hybridized carbons (Fsp3) is 0.500. The second-order valence-corrected chi connectivity index (χ2v) is 4.43. The van der Waals surface area contributed by atoms with Gasteiger partial charge in [-0.25, -0.2) is 0 Å². The molecule has 2 atom stereocenters. The zero-order valence-electron chi connectivity index (χ0n) is 10.7. The first-order chi connectivity index (χ1) is 8.69. The number of hydrogen-bond donors (Lipinski definition) is 0. The lowest BCUT2D eigenvalue weighted by atomic mass is 10.1. The number of Topliss-reactive ketones (excluding diaryl/α,β-unsaturated/α-hetero) is 1. The second-order valence-electron chi connectivity index (χ2n) is 4.43. The summed E-state index contributed by atoms with van der Waals surface area (Å²) in [6.45, 7) is 2.20. The van der Waals surface area contributed by atoms with Crippen molar-refractivity contribution in [2.75, 3.05) is 13.7 Å². The van der Waals surface area contributed by atoms with Crippen LogP contribution in [0.5, 0.6) is 5.75 Å². The number of benzene rings is 1. The lowest BCUT2D eigenvalue weighted by Gasteiger charge is -2.30. The third-order valence-electron chi connectivity index (χ3n) is 2.93. The molecule has 0 radical (unpaired) electrons. The van der Waals surface area contributed by atoms with E-state index in [2.05, 4.69) is 0 Å². The molecule has 4 heteroatoms. The molecule has 0 saturated carbocycles. The molecular weight excluding hydrogens is 232 g/mol. The van der Waals surface area contributed by atoms with Crippen LogP contribution in [-0.2, 0) is 14.3 Å². The fourth-order valence-electron chi connectivity index (χ4n) is 2.00. The van der Waals surface area contributed by atoms with Crippen molar-refractivity contribution in [3.05, 3.63) is 29.8 Å². The molecule has 1 aliphatic rings. The Morgan fingerprint density at radius 2 is 2.11 bits per heavy atom. The van der Waals surface area contributed by atoms with Crippen molar-refractivity contribution in [1.29, 1.82) is 0 Å². The molecule has 4 nitrogen and oxygen atoms in total. The van der Waals surface area contributed by atoms with Gasteiger partial charge in [0.15, 0.2) is 6.29 Å².